The number of non-ortho nitro benzene ring substituents is 1. The lowest BCUT2D eigenvalue weighted by Gasteiger charge is -2.15. The number of nitro benzene ring substituents is 1. The molecule has 29 heavy (non-hydrogen) atoms. The number of unbranched alkanes of at least 4 members (excludes halogenated alkanes) is 2. The number of hydrogen-bond acceptors (Lipinski definition) is 7. The lowest BCUT2D eigenvalue weighted by Crippen LogP contribution is -2.26. The molecule has 1 aromatic carbocycles. The van der Waals surface area contributed by atoms with Crippen LogP contribution in [-0.2, 0) is 24.3 Å². The predicted molar refractivity (Wildman–Crippen MR) is 108 cm³/mol. The van der Waals surface area contributed by atoms with Crippen LogP contribution in [-0.4, -0.2) is 49.6 Å². The average molecular weight is 426 g/mol. The summed E-state index contributed by atoms with van der Waals surface area (Å²) in [6, 6.07) is 5.27. The smallest absolute Gasteiger partial charge is 0.305 e. The van der Waals surface area contributed by atoms with E-state index in [2.05, 4.69) is 0 Å². The number of benzene rings is 1. The molecule has 0 atom stereocenters. The van der Waals surface area contributed by atoms with Crippen LogP contribution in [0.2, 0.25) is 0 Å². The molecule has 0 aliphatic carbocycles. The second-order valence-electron chi connectivity index (χ2n) is 6.38. The first-order valence-electron chi connectivity index (χ1n) is 9.18. The fourth-order valence-corrected chi connectivity index (χ4v) is 3.68. The van der Waals surface area contributed by atoms with Crippen molar-refractivity contribution < 1.29 is 27.7 Å². The summed E-state index contributed by atoms with van der Waals surface area (Å²) in [6.45, 7) is 3.47. The van der Waals surface area contributed by atoms with Gasteiger partial charge in [0.05, 0.1) is 16.9 Å². The first-order chi connectivity index (χ1) is 13.6. The van der Waals surface area contributed by atoms with Crippen molar-refractivity contribution in [1.29, 1.82) is 0 Å². The van der Waals surface area contributed by atoms with Crippen molar-refractivity contribution >= 4 is 33.0 Å². The number of sulfonamides is 1. The van der Waals surface area contributed by atoms with Gasteiger partial charge in [-0.2, -0.15) is 0 Å². The highest BCUT2D eigenvalue weighted by Gasteiger charge is 2.20. The zero-order chi connectivity index (χ0) is 22.0. The molecular weight excluding hydrogens is 400 g/mol. The quantitative estimate of drug-likeness (QED) is 0.165. The van der Waals surface area contributed by atoms with E-state index >= 15 is 0 Å². The van der Waals surface area contributed by atoms with Crippen LogP contribution in [0.5, 0.6) is 0 Å². The Bertz CT molecular complexity index is 878. The number of ether oxygens (including phenoxy) is 1. The minimum atomic E-state index is -3.91. The predicted octanol–water partition coefficient (Wildman–Crippen LogP) is 2.91. The molecule has 1 rings (SSSR count). The molecule has 0 aromatic heterocycles. The molecule has 0 aliphatic rings. The van der Waals surface area contributed by atoms with Crippen LogP contribution in [0, 0.1) is 10.1 Å². The first-order valence-corrected chi connectivity index (χ1v) is 10.7. The Morgan fingerprint density at radius 2 is 1.93 bits per heavy atom. The van der Waals surface area contributed by atoms with Gasteiger partial charge in [-0.15, -0.1) is 0 Å². The Morgan fingerprint density at radius 3 is 2.52 bits per heavy atom. The van der Waals surface area contributed by atoms with E-state index in [1.54, 1.807) is 6.92 Å². The summed E-state index contributed by atoms with van der Waals surface area (Å²) in [6.07, 6.45) is 2.06. The Morgan fingerprint density at radius 1 is 1.24 bits per heavy atom. The van der Waals surface area contributed by atoms with E-state index in [0.717, 1.165) is 15.8 Å². The Hall–Kier alpha value is -2.59. The van der Waals surface area contributed by atoms with Gasteiger partial charge in [0, 0.05) is 37.7 Å². The molecular formula is C19H26N2O7S. The molecule has 1 aromatic rings. The van der Waals surface area contributed by atoms with Crippen LogP contribution >= 0.6 is 0 Å². The maximum atomic E-state index is 12.6. The molecule has 0 unspecified atom stereocenters. The van der Waals surface area contributed by atoms with Gasteiger partial charge >= 0.3 is 5.97 Å². The fraction of sp³-hybridized carbons (Fsp3) is 0.474. The van der Waals surface area contributed by atoms with Crippen molar-refractivity contribution in [1.82, 2.24) is 4.31 Å². The molecule has 10 heteroatoms. The van der Waals surface area contributed by atoms with Gasteiger partial charge in [0.1, 0.15) is 0 Å². The third-order valence-electron chi connectivity index (χ3n) is 4.11. The highest BCUT2D eigenvalue weighted by atomic mass is 32.2. The zero-order valence-corrected chi connectivity index (χ0v) is 17.6. The molecule has 0 bridgehead atoms. The van der Waals surface area contributed by atoms with E-state index in [9.17, 15) is 28.1 Å². The van der Waals surface area contributed by atoms with Crippen molar-refractivity contribution in [3.05, 3.63) is 45.4 Å². The molecule has 0 fully saturated rings. The van der Waals surface area contributed by atoms with Crippen molar-refractivity contribution in [2.24, 2.45) is 0 Å². The van der Waals surface area contributed by atoms with E-state index in [1.807, 2.05) is 0 Å². The molecule has 160 valence electrons. The minimum absolute atomic E-state index is 0.122. The van der Waals surface area contributed by atoms with Gasteiger partial charge in [-0.3, -0.25) is 19.7 Å². The summed E-state index contributed by atoms with van der Waals surface area (Å²) in [5.41, 5.74) is -0.192. The summed E-state index contributed by atoms with van der Waals surface area (Å²) < 4.78 is 31.1. The number of rotatable bonds is 12. The summed E-state index contributed by atoms with van der Waals surface area (Å²) in [5.74, 6) is -0.795. The molecule has 0 aliphatic heterocycles. The monoisotopic (exact) mass is 426 g/mol. The molecule has 0 N–H and O–H groups in total. The maximum Gasteiger partial charge on any atom is 0.305 e. The fourth-order valence-electron chi connectivity index (χ4n) is 2.52. The number of ketones is 1. The lowest BCUT2D eigenvalue weighted by molar-refractivity contribution is -0.384. The molecule has 0 heterocycles. The van der Waals surface area contributed by atoms with E-state index < -0.39 is 20.7 Å². The number of hydrogen-bond donors (Lipinski definition) is 0. The number of nitrogens with zero attached hydrogens (tertiary/aromatic N) is 2. The van der Waals surface area contributed by atoms with Gasteiger partial charge in [-0.25, -0.2) is 12.7 Å². The number of allylic oxidation sites excluding steroid dienone is 1. The number of nitro groups is 1. The van der Waals surface area contributed by atoms with E-state index in [1.165, 1.54) is 32.2 Å². The van der Waals surface area contributed by atoms with Gasteiger partial charge < -0.3 is 4.74 Å². The summed E-state index contributed by atoms with van der Waals surface area (Å²) in [5, 5.41) is 11.8. The van der Waals surface area contributed by atoms with Crippen molar-refractivity contribution in [2.75, 3.05) is 20.2 Å². The molecule has 0 spiro atoms. The topological polar surface area (TPSA) is 124 Å². The third kappa shape index (κ3) is 8.12. The van der Waals surface area contributed by atoms with Crippen LogP contribution in [0.15, 0.2) is 29.7 Å². The third-order valence-corrected chi connectivity index (χ3v) is 5.69. The average Bonchev–Trinajstić information content (AvgIpc) is 2.65. The summed E-state index contributed by atoms with van der Waals surface area (Å²) >= 11 is 0. The molecule has 9 nitrogen and oxygen atoms in total. The van der Waals surface area contributed by atoms with Gasteiger partial charge in [-0.1, -0.05) is 18.6 Å². The SMILES string of the molecule is CCOC(=O)CCCCCN(C)S(=O)(=O)C=C(C(C)=O)c1cccc([N+](=O)[O-])c1. The number of carbonyl (C=O) groups is 2. The van der Waals surface area contributed by atoms with Crippen molar-refractivity contribution in [3.8, 4) is 0 Å². The van der Waals surface area contributed by atoms with E-state index in [4.69, 9.17) is 4.74 Å². The highest BCUT2D eigenvalue weighted by Crippen LogP contribution is 2.23. The van der Waals surface area contributed by atoms with E-state index in [0.29, 0.717) is 25.9 Å². The largest absolute Gasteiger partial charge is 0.466 e. The number of Topliss-reactive ketones (excluding diaryl/α,β-unsaturated/α-hetero) is 1. The highest BCUT2D eigenvalue weighted by molar-refractivity contribution is 7.92. The zero-order valence-electron chi connectivity index (χ0n) is 16.8. The second-order valence-corrected chi connectivity index (χ2v) is 8.27. The Kier molecular flexibility index (Phi) is 9.63. The van der Waals surface area contributed by atoms with Gasteiger partial charge in [0.25, 0.3) is 5.69 Å². The van der Waals surface area contributed by atoms with Gasteiger partial charge in [0.2, 0.25) is 10.0 Å². The van der Waals surface area contributed by atoms with Crippen LogP contribution in [0.1, 0.15) is 45.1 Å². The lowest BCUT2D eigenvalue weighted by atomic mass is 10.0. The van der Waals surface area contributed by atoms with Crippen LogP contribution in [0.25, 0.3) is 5.57 Å². The van der Waals surface area contributed by atoms with Crippen molar-refractivity contribution in [3.63, 3.8) is 0 Å². The molecule has 0 saturated carbocycles. The Balaban J connectivity index is 2.83. The first kappa shape index (κ1) is 24.4. The maximum absolute atomic E-state index is 12.6. The van der Waals surface area contributed by atoms with Crippen LogP contribution in [0.4, 0.5) is 5.69 Å². The van der Waals surface area contributed by atoms with Gasteiger partial charge in [-0.05, 0) is 32.3 Å². The molecule has 0 saturated heterocycles. The van der Waals surface area contributed by atoms with Crippen molar-refractivity contribution in [2.45, 2.75) is 39.5 Å². The Labute approximate surface area is 170 Å². The van der Waals surface area contributed by atoms with Gasteiger partial charge in [0.15, 0.2) is 5.78 Å². The normalized spacial score (nSPS) is 12.1. The van der Waals surface area contributed by atoms with E-state index in [-0.39, 0.29) is 35.8 Å². The summed E-state index contributed by atoms with van der Waals surface area (Å²) in [4.78, 5) is 33.6. The van der Waals surface area contributed by atoms with Crippen LogP contribution < -0.4 is 0 Å². The molecule has 0 amide bonds. The molecule has 0 radical (unpaired) electrons. The number of carbonyl (C=O) groups excluding carboxylic acids is 2. The second kappa shape index (κ2) is 11.4. The standard InChI is InChI=1S/C19H26N2O7S/c1-4-28-19(23)11-6-5-7-12-20(3)29(26,27)14-18(15(2)22)16-9-8-10-17(13-16)21(24)25/h8-10,13-14H,4-7,11-12H2,1-3H3. The van der Waals surface area contributed by atoms with Crippen LogP contribution in [0.3, 0.4) is 0 Å². The minimum Gasteiger partial charge on any atom is -0.466 e. The number of esters is 1. The summed E-state index contributed by atoms with van der Waals surface area (Å²) in [7, 11) is -2.52.